The van der Waals surface area contributed by atoms with Crippen molar-refractivity contribution in [2.75, 3.05) is 13.7 Å². The van der Waals surface area contributed by atoms with Gasteiger partial charge in [-0.05, 0) is 37.0 Å². The highest BCUT2D eigenvalue weighted by atomic mass is 16.5. The van der Waals surface area contributed by atoms with E-state index in [4.69, 9.17) is 9.47 Å². The van der Waals surface area contributed by atoms with Crippen LogP contribution in [0.1, 0.15) is 90.3 Å². The van der Waals surface area contributed by atoms with Crippen molar-refractivity contribution in [2.24, 2.45) is 0 Å². The maximum Gasteiger partial charge on any atom is 0.221 e. The molecule has 1 aromatic rings. The zero-order valence-corrected chi connectivity index (χ0v) is 18.5. The number of ether oxygens (including phenoxy) is 2. The van der Waals surface area contributed by atoms with Gasteiger partial charge in [0.05, 0.1) is 13.7 Å². The van der Waals surface area contributed by atoms with E-state index in [1.54, 1.807) is 7.11 Å². The molecule has 0 unspecified atom stereocenters. The second-order valence-corrected chi connectivity index (χ2v) is 7.24. The molecule has 0 spiro atoms. The van der Waals surface area contributed by atoms with Crippen molar-refractivity contribution in [3.63, 3.8) is 0 Å². The van der Waals surface area contributed by atoms with E-state index in [2.05, 4.69) is 17.6 Å². The summed E-state index contributed by atoms with van der Waals surface area (Å²) in [5.41, 5.74) is 0.769. The number of carbonyl (C=O) groups is 2. The van der Waals surface area contributed by atoms with Crippen LogP contribution >= 0.6 is 0 Å². The summed E-state index contributed by atoms with van der Waals surface area (Å²) in [6, 6.07) is 5.51. The molecule has 0 heterocycles. The average molecular weight is 407 g/mol. The third-order valence-corrected chi connectivity index (χ3v) is 4.65. The van der Waals surface area contributed by atoms with Gasteiger partial charge in [-0.25, -0.2) is 0 Å². The van der Waals surface area contributed by atoms with Gasteiger partial charge >= 0.3 is 0 Å². The number of hydrogen-bond donors (Lipinski definition) is 2. The fourth-order valence-corrected chi connectivity index (χ4v) is 2.86. The Kier molecular flexibility index (Phi) is 12.6. The fraction of sp³-hybridized carbons (Fsp3) is 0.652. The maximum atomic E-state index is 12.3. The number of unbranched alkanes of at least 4 members (excludes halogenated alkanes) is 4. The van der Waals surface area contributed by atoms with E-state index in [-0.39, 0.29) is 11.8 Å². The molecule has 2 N–H and O–H groups in total. The van der Waals surface area contributed by atoms with Crippen LogP contribution in [0.4, 0.5) is 0 Å². The lowest BCUT2D eigenvalue weighted by Crippen LogP contribution is -2.41. The number of carbonyl (C=O) groups excluding carboxylic acids is 2. The molecular weight excluding hydrogens is 368 g/mol. The summed E-state index contributed by atoms with van der Waals surface area (Å²) in [4.78, 5) is 24.6. The van der Waals surface area contributed by atoms with Crippen LogP contribution in [0.2, 0.25) is 0 Å². The first-order valence-electron chi connectivity index (χ1n) is 10.9. The Morgan fingerprint density at radius 2 is 1.45 bits per heavy atom. The minimum Gasteiger partial charge on any atom is -0.493 e. The molecule has 29 heavy (non-hydrogen) atoms. The zero-order valence-electron chi connectivity index (χ0n) is 18.5. The molecule has 2 amide bonds. The van der Waals surface area contributed by atoms with Crippen molar-refractivity contribution in [1.82, 2.24) is 10.6 Å². The number of hydrogen-bond acceptors (Lipinski definition) is 4. The van der Waals surface area contributed by atoms with E-state index in [1.165, 1.54) is 0 Å². The number of nitrogens with one attached hydrogen (secondary N) is 2. The molecule has 0 bridgehead atoms. The van der Waals surface area contributed by atoms with Crippen molar-refractivity contribution in [2.45, 2.75) is 84.7 Å². The van der Waals surface area contributed by atoms with E-state index >= 15 is 0 Å². The summed E-state index contributed by atoms with van der Waals surface area (Å²) in [5, 5.41) is 5.90. The largest absolute Gasteiger partial charge is 0.493 e. The Morgan fingerprint density at radius 3 is 1.97 bits per heavy atom. The predicted molar refractivity (Wildman–Crippen MR) is 116 cm³/mol. The van der Waals surface area contributed by atoms with Gasteiger partial charge in [-0.15, -0.1) is 0 Å². The molecule has 6 heteroatoms. The molecule has 0 aliphatic carbocycles. The smallest absolute Gasteiger partial charge is 0.221 e. The molecule has 0 aliphatic heterocycles. The summed E-state index contributed by atoms with van der Waals surface area (Å²) in [5.74, 6) is 1.11. The number of methoxy groups -OCH3 is 1. The molecular formula is C23H38N2O4. The van der Waals surface area contributed by atoms with Crippen molar-refractivity contribution in [3.8, 4) is 11.5 Å². The highest BCUT2D eigenvalue weighted by Crippen LogP contribution is 2.30. The summed E-state index contributed by atoms with van der Waals surface area (Å²) >= 11 is 0. The van der Waals surface area contributed by atoms with Crippen molar-refractivity contribution >= 4 is 11.8 Å². The van der Waals surface area contributed by atoms with Crippen molar-refractivity contribution < 1.29 is 19.1 Å². The second-order valence-electron chi connectivity index (χ2n) is 7.24. The monoisotopic (exact) mass is 406 g/mol. The lowest BCUT2D eigenvalue weighted by Gasteiger charge is -2.22. The standard InChI is InChI=1S/C23H38N2O4/c1-5-8-11-16-29-20-17-18(14-15-19(20)28-4)23(24-21(26)12-9-6-2)25-22(27)13-10-7-3/h14-15,17,23H,5-13,16H2,1-4H3,(H,24,26)(H,25,27). The van der Waals surface area contributed by atoms with E-state index in [9.17, 15) is 9.59 Å². The predicted octanol–water partition coefficient (Wildman–Crippen LogP) is 4.88. The van der Waals surface area contributed by atoms with E-state index < -0.39 is 6.17 Å². The highest BCUT2D eigenvalue weighted by Gasteiger charge is 2.19. The van der Waals surface area contributed by atoms with Crippen LogP contribution in [0.25, 0.3) is 0 Å². The van der Waals surface area contributed by atoms with Crippen LogP contribution in [0.3, 0.4) is 0 Å². The quantitative estimate of drug-likeness (QED) is 0.322. The summed E-state index contributed by atoms with van der Waals surface area (Å²) < 4.78 is 11.3. The molecule has 0 aliphatic rings. The normalized spacial score (nSPS) is 10.7. The fourth-order valence-electron chi connectivity index (χ4n) is 2.86. The van der Waals surface area contributed by atoms with Gasteiger partial charge in [-0.1, -0.05) is 52.5 Å². The maximum absolute atomic E-state index is 12.3. The molecule has 164 valence electrons. The van der Waals surface area contributed by atoms with Crippen LogP contribution in [0.15, 0.2) is 18.2 Å². The van der Waals surface area contributed by atoms with Gasteiger partial charge in [-0.3, -0.25) is 9.59 Å². The van der Waals surface area contributed by atoms with Gasteiger partial charge in [0.1, 0.15) is 6.17 Å². The molecule has 6 nitrogen and oxygen atoms in total. The van der Waals surface area contributed by atoms with Crippen molar-refractivity contribution in [3.05, 3.63) is 23.8 Å². The number of rotatable bonds is 15. The van der Waals surface area contributed by atoms with Crippen molar-refractivity contribution in [1.29, 1.82) is 0 Å². The zero-order chi connectivity index (χ0) is 21.5. The second kappa shape index (κ2) is 14.7. The van der Waals surface area contributed by atoms with Crippen LogP contribution in [0.5, 0.6) is 11.5 Å². The summed E-state index contributed by atoms with van der Waals surface area (Å²) in [7, 11) is 1.60. The first kappa shape index (κ1) is 24.8. The summed E-state index contributed by atoms with van der Waals surface area (Å²) in [6.45, 7) is 6.84. The molecule has 1 aromatic carbocycles. The topological polar surface area (TPSA) is 76.7 Å². The lowest BCUT2D eigenvalue weighted by molar-refractivity contribution is -0.124. The highest BCUT2D eigenvalue weighted by molar-refractivity contribution is 5.79. The van der Waals surface area contributed by atoms with E-state index in [0.717, 1.165) is 50.5 Å². The lowest BCUT2D eigenvalue weighted by atomic mass is 10.1. The number of amides is 2. The van der Waals surface area contributed by atoms with Gasteiger partial charge in [0.2, 0.25) is 11.8 Å². The van der Waals surface area contributed by atoms with Crippen LogP contribution in [-0.2, 0) is 9.59 Å². The first-order chi connectivity index (χ1) is 14.0. The molecule has 0 aromatic heterocycles. The van der Waals surface area contributed by atoms with Crippen LogP contribution < -0.4 is 20.1 Å². The van der Waals surface area contributed by atoms with Crippen LogP contribution in [0, 0.1) is 0 Å². The van der Waals surface area contributed by atoms with Gasteiger partial charge < -0.3 is 20.1 Å². The minimum absolute atomic E-state index is 0.0751. The Hall–Kier alpha value is -2.24. The molecule has 0 atom stereocenters. The minimum atomic E-state index is -0.590. The first-order valence-corrected chi connectivity index (χ1v) is 10.9. The van der Waals surface area contributed by atoms with E-state index in [1.807, 2.05) is 32.0 Å². The molecule has 0 radical (unpaired) electrons. The van der Waals surface area contributed by atoms with E-state index in [0.29, 0.717) is 30.9 Å². The third-order valence-electron chi connectivity index (χ3n) is 4.65. The molecule has 0 saturated carbocycles. The Bertz CT molecular complexity index is 597. The van der Waals surface area contributed by atoms with Gasteiger partial charge in [0.15, 0.2) is 11.5 Å². The third kappa shape index (κ3) is 9.68. The molecule has 0 saturated heterocycles. The Balaban J connectivity index is 2.98. The van der Waals surface area contributed by atoms with Gasteiger partial charge in [0.25, 0.3) is 0 Å². The number of benzene rings is 1. The van der Waals surface area contributed by atoms with Gasteiger partial charge in [-0.2, -0.15) is 0 Å². The Morgan fingerprint density at radius 1 is 0.862 bits per heavy atom. The molecule has 1 rings (SSSR count). The summed E-state index contributed by atoms with van der Waals surface area (Å²) in [6.07, 6.45) is 7.00. The van der Waals surface area contributed by atoms with Crippen LogP contribution in [-0.4, -0.2) is 25.5 Å². The Labute approximate surface area is 175 Å². The molecule has 0 fully saturated rings. The SMILES string of the molecule is CCCCCOc1cc(C(NC(=O)CCCC)NC(=O)CCCC)ccc1OC. The average Bonchev–Trinajstić information content (AvgIpc) is 2.73. The van der Waals surface area contributed by atoms with Gasteiger partial charge in [0, 0.05) is 12.8 Å².